The zero-order chi connectivity index (χ0) is 21.7. The number of fused-ring (bicyclic) bond motifs is 5. The van der Waals surface area contributed by atoms with E-state index in [2.05, 4.69) is 30.3 Å². The van der Waals surface area contributed by atoms with Crippen LogP contribution < -0.4 is 5.56 Å². The first kappa shape index (κ1) is 19.9. The lowest BCUT2D eigenvalue weighted by molar-refractivity contribution is -0.105. The second kappa shape index (κ2) is 8.01. The molecule has 0 fully saturated rings. The lowest BCUT2D eigenvalue weighted by atomic mass is 9.97. The van der Waals surface area contributed by atoms with Gasteiger partial charge in [0.2, 0.25) is 0 Å². The lowest BCUT2D eigenvalue weighted by Crippen LogP contribution is -2.24. The van der Waals surface area contributed by atoms with Crippen LogP contribution in [0.2, 0.25) is 0 Å². The van der Waals surface area contributed by atoms with Gasteiger partial charge in [0, 0.05) is 33.2 Å². The van der Waals surface area contributed by atoms with Crippen molar-refractivity contribution >= 4 is 55.3 Å². The zero-order valence-corrected chi connectivity index (χ0v) is 19.2. The molecule has 32 heavy (non-hydrogen) atoms. The lowest BCUT2D eigenvalue weighted by Gasteiger charge is -2.17. The monoisotopic (exact) mass is 458 g/mol. The van der Waals surface area contributed by atoms with E-state index >= 15 is 0 Å². The highest BCUT2D eigenvalue weighted by atomic mass is 32.2. The Kier molecular flexibility index (Phi) is 5.00. The summed E-state index contributed by atoms with van der Waals surface area (Å²) >= 11 is 3.22. The third kappa shape index (κ3) is 3.24. The number of aryl methyl sites for hydroxylation is 2. The van der Waals surface area contributed by atoms with E-state index in [1.807, 2.05) is 16.7 Å². The van der Waals surface area contributed by atoms with Crippen molar-refractivity contribution in [1.82, 2.24) is 9.55 Å². The largest absolute Gasteiger partial charge is 0.298 e. The first-order chi connectivity index (χ1) is 15.7. The summed E-state index contributed by atoms with van der Waals surface area (Å²) in [5.41, 5.74) is 2.01. The Labute approximate surface area is 194 Å². The Morgan fingerprint density at radius 2 is 1.88 bits per heavy atom. The van der Waals surface area contributed by atoms with E-state index in [9.17, 15) is 9.59 Å². The molecule has 160 valence electrons. The average molecular weight is 459 g/mol. The van der Waals surface area contributed by atoms with Gasteiger partial charge in [-0.15, -0.1) is 11.3 Å². The van der Waals surface area contributed by atoms with E-state index in [0.29, 0.717) is 6.42 Å². The molecule has 1 aliphatic carbocycles. The molecular formula is C26H22N2O2S2. The number of thiophene rings is 1. The molecule has 4 aromatic rings. The van der Waals surface area contributed by atoms with Crippen LogP contribution in [-0.4, -0.2) is 15.8 Å². The Morgan fingerprint density at radius 1 is 1.00 bits per heavy atom. The topological polar surface area (TPSA) is 52.0 Å². The molecule has 0 N–H and O–H groups in total. The molecule has 4 nitrogen and oxygen atoms in total. The summed E-state index contributed by atoms with van der Waals surface area (Å²) in [6.45, 7) is 0.760. The highest BCUT2D eigenvalue weighted by Gasteiger charge is 2.28. The number of thioether (sulfide) groups is 1. The highest BCUT2D eigenvalue weighted by Crippen LogP contribution is 2.47. The molecular weight excluding hydrogens is 436 g/mol. The number of hydrogen-bond acceptors (Lipinski definition) is 5. The smallest absolute Gasteiger partial charge is 0.262 e. The quantitative estimate of drug-likeness (QED) is 0.354. The molecule has 0 saturated heterocycles. The van der Waals surface area contributed by atoms with Gasteiger partial charge in [0.15, 0.2) is 0 Å². The Morgan fingerprint density at radius 3 is 2.75 bits per heavy atom. The van der Waals surface area contributed by atoms with Crippen molar-refractivity contribution in [3.05, 3.63) is 74.7 Å². The van der Waals surface area contributed by atoms with Crippen LogP contribution in [0.25, 0.3) is 25.9 Å². The van der Waals surface area contributed by atoms with Crippen LogP contribution in [0.3, 0.4) is 0 Å². The normalized spacial score (nSPS) is 16.1. The van der Waals surface area contributed by atoms with E-state index in [-0.39, 0.29) is 5.56 Å². The van der Waals surface area contributed by atoms with Gasteiger partial charge in [0.05, 0.1) is 5.39 Å². The van der Waals surface area contributed by atoms with Gasteiger partial charge >= 0.3 is 0 Å². The highest BCUT2D eigenvalue weighted by molar-refractivity contribution is 8.08. The Balaban J connectivity index is 1.50. The van der Waals surface area contributed by atoms with E-state index < -0.39 is 0 Å². The minimum Gasteiger partial charge on any atom is -0.298 e. The number of benzene rings is 2. The molecule has 2 aromatic heterocycles. The molecule has 6 heteroatoms. The molecule has 2 aliphatic rings. The summed E-state index contributed by atoms with van der Waals surface area (Å²) in [6.07, 6.45) is 6.51. The van der Waals surface area contributed by atoms with Crippen LogP contribution in [0.5, 0.6) is 0 Å². The first-order valence-electron chi connectivity index (χ1n) is 11.1. The maximum absolute atomic E-state index is 13.5. The zero-order valence-electron chi connectivity index (χ0n) is 17.6. The predicted molar refractivity (Wildman–Crippen MR) is 133 cm³/mol. The van der Waals surface area contributed by atoms with Crippen molar-refractivity contribution < 1.29 is 4.79 Å². The van der Waals surface area contributed by atoms with Crippen LogP contribution >= 0.6 is 23.1 Å². The molecule has 3 heterocycles. The molecule has 0 saturated carbocycles. The summed E-state index contributed by atoms with van der Waals surface area (Å²) in [6, 6.07) is 14.7. The third-order valence-corrected chi connectivity index (χ3v) is 8.93. The van der Waals surface area contributed by atoms with Crippen molar-refractivity contribution in [2.24, 2.45) is 0 Å². The number of nitrogens with zero attached hydrogens (tertiary/aromatic N) is 2. The Bertz CT molecular complexity index is 1480. The third-order valence-electron chi connectivity index (χ3n) is 6.50. The van der Waals surface area contributed by atoms with Crippen molar-refractivity contribution in [2.45, 2.75) is 50.0 Å². The van der Waals surface area contributed by atoms with Crippen LogP contribution in [0.4, 0.5) is 0 Å². The van der Waals surface area contributed by atoms with E-state index in [1.54, 1.807) is 23.1 Å². The molecule has 0 atom stereocenters. The molecule has 0 bridgehead atoms. The summed E-state index contributed by atoms with van der Waals surface area (Å²) in [4.78, 5) is 34.3. The maximum atomic E-state index is 13.5. The van der Waals surface area contributed by atoms with E-state index in [4.69, 9.17) is 4.98 Å². The van der Waals surface area contributed by atoms with Gasteiger partial charge in [0.1, 0.15) is 16.9 Å². The summed E-state index contributed by atoms with van der Waals surface area (Å²) < 4.78 is 1.90. The summed E-state index contributed by atoms with van der Waals surface area (Å²) in [5, 5.41) is 3.16. The second-order valence-corrected chi connectivity index (χ2v) is 10.6. The predicted octanol–water partition coefficient (Wildman–Crippen LogP) is 5.99. The van der Waals surface area contributed by atoms with Crippen molar-refractivity contribution in [3.63, 3.8) is 0 Å². The van der Waals surface area contributed by atoms with E-state index in [1.165, 1.54) is 10.8 Å². The van der Waals surface area contributed by atoms with Gasteiger partial charge in [0.25, 0.3) is 5.56 Å². The van der Waals surface area contributed by atoms with Crippen LogP contribution in [0.1, 0.15) is 41.9 Å². The maximum Gasteiger partial charge on any atom is 0.262 e. The fourth-order valence-corrected chi connectivity index (χ4v) is 7.36. The van der Waals surface area contributed by atoms with Crippen LogP contribution in [0, 0.1) is 0 Å². The standard InChI is InChI=1S/C26H22N2O2S2/c29-15-18-10-12-20-22-25(27-21-8-2-1-5-13-28(21)26(22)30)32-24(20)23(18)31-19-11-9-16-6-3-4-7-17(16)14-19/h3-4,6-7,9,11,14-15H,1-2,5,8,10,12-13H2. The van der Waals surface area contributed by atoms with Crippen molar-refractivity contribution in [1.29, 1.82) is 0 Å². The molecule has 6 rings (SSSR count). The molecule has 0 amide bonds. The van der Waals surface area contributed by atoms with Crippen molar-refractivity contribution in [2.75, 3.05) is 0 Å². The van der Waals surface area contributed by atoms with Gasteiger partial charge < -0.3 is 0 Å². The molecule has 0 spiro atoms. The van der Waals surface area contributed by atoms with Crippen LogP contribution in [0.15, 0.2) is 57.7 Å². The molecule has 0 radical (unpaired) electrons. The average Bonchev–Trinajstić information content (AvgIpc) is 3.02. The molecule has 0 unspecified atom stereocenters. The first-order valence-corrected chi connectivity index (χ1v) is 12.8. The SMILES string of the molecule is O=CC1=C(Sc2ccc3ccccc3c2)c2sc3nc4n(c(=O)c3c2CC1)CCCCC4. The van der Waals surface area contributed by atoms with Gasteiger partial charge in [-0.1, -0.05) is 48.5 Å². The number of aldehydes is 1. The number of aromatic nitrogens is 2. The number of rotatable bonds is 3. The van der Waals surface area contributed by atoms with Gasteiger partial charge in [-0.2, -0.15) is 0 Å². The van der Waals surface area contributed by atoms with Crippen molar-refractivity contribution in [3.8, 4) is 0 Å². The number of allylic oxidation sites excluding steroid dienone is 1. The summed E-state index contributed by atoms with van der Waals surface area (Å²) in [7, 11) is 0. The molecule has 2 aromatic carbocycles. The number of carbonyl (C=O) groups excluding carboxylic acids is 1. The van der Waals surface area contributed by atoms with E-state index in [0.717, 1.165) is 86.8 Å². The summed E-state index contributed by atoms with van der Waals surface area (Å²) in [5.74, 6) is 0.918. The van der Waals surface area contributed by atoms with Gasteiger partial charge in [-0.05, 0) is 54.2 Å². The molecule has 1 aliphatic heterocycles. The number of carbonyl (C=O) groups is 1. The minimum absolute atomic E-state index is 0.106. The Hall–Kier alpha value is -2.70. The second-order valence-electron chi connectivity index (χ2n) is 8.47. The van der Waals surface area contributed by atoms with Gasteiger partial charge in [-0.3, -0.25) is 14.2 Å². The van der Waals surface area contributed by atoms with Crippen LogP contribution in [-0.2, 0) is 24.2 Å². The minimum atomic E-state index is 0.106. The fraction of sp³-hybridized carbons (Fsp3) is 0.269. The fourth-order valence-electron chi connectivity index (χ4n) is 4.85. The number of hydrogen-bond donors (Lipinski definition) is 0. The van der Waals surface area contributed by atoms with Gasteiger partial charge in [-0.25, -0.2) is 4.98 Å².